The molecule has 2 fully saturated rings. The van der Waals surface area contributed by atoms with Crippen LogP contribution in [0.4, 0.5) is 0 Å². The zero-order valence-corrected chi connectivity index (χ0v) is 12.3. The lowest BCUT2D eigenvalue weighted by atomic mass is 10.0. The van der Waals surface area contributed by atoms with Crippen LogP contribution in [0.5, 0.6) is 0 Å². The first kappa shape index (κ1) is 13.9. The predicted molar refractivity (Wildman–Crippen MR) is 73.8 cm³/mol. The molecule has 0 saturated heterocycles. The normalized spacial score (nSPS) is 27.6. The number of carboxylic acids is 1. The van der Waals surface area contributed by atoms with E-state index < -0.39 is 5.97 Å². The van der Waals surface area contributed by atoms with Gasteiger partial charge in [-0.25, -0.2) is 0 Å². The van der Waals surface area contributed by atoms with Crippen molar-refractivity contribution in [2.24, 2.45) is 11.8 Å². The molecule has 0 aliphatic heterocycles. The number of ether oxygens (including phenoxy) is 1. The molecule has 1 aromatic rings. The van der Waals surface area contributed by atoms with Crippen LogP contribution in [0.15, 0.2) is 5.16 Å². The summed E-state index contributed by atoms with van der Waals surface area (Å²) in [6, 6.07) is 0. The van der Waals surface area contributed by atoms with Crippen molar-refractivity contribution in [3.05, 3.63) is 5.82 Å². The number of nitrogens with zero attached hydrogens (tertiary/aromatic N) is 3. The minimum absolute atomic E-state index is 0.0149. The number of aliphatic carboxylic acids is 1. The van der Waals surface area contributed by atoms with E-state index in [1.807, 2.05) is 4.57 Å². The Bertz CT molecular complexity index is 495. The molecule has 0 bridgehead atoms. The van der Waals surface area contributed by atoms with Gasteiger partial charge in [-0.05, 0) is 31.1 Å². The van der Waals surface area contributed by atoms with Gasteiger partial charge in [0.25, 0.3) is 0 Å². The second-order valence-electron chi connectivity index (χ2n) is 5.59. The summed E-state index contributed by atoms with van der Waals surface area (Å²) in [5.41, 5.74) is 0. The van der Waals surface area contributed by atoms with Gasteiger partial charge in [-0.3, -0.25) is 4.79 Å². The van der Waals surface area contributed by atoms with Crippen molar-refractivity contribution in [2.75, 3.05) is 19.5 Å². The number of rotatable bonds is 7. The summed E-state index contributed by atoms with van der Waals surface area (Å²) in [4.78, 5) is 10.7. The van der Waals surface area contributed by atoms with Gasteiger partial charge in [0.1, 0.15) is 5.82 Å². The van der Waals surface area contributed by atoms with E-state index in [-0.39, 0.29) is 5.75 Å². The Balaban J connectivity index is 1.75. The number of carboxylic acid groups (broad SMARTS) is 1. The molecular weight excluding hydrogens is 278 g/mol. The zero-order valence-electron chi connectivity index (χ0n) is 11.5. The largest absolute Gasteiger partial charge is 0.481 e. The lowest BCUT2D eigenvalue weighted by molar-refractivity contribution is -0.133. The molecule has 2 aliphatic rings. The Kier molecular flexibility index (Phi) is 3.98. The number of hydrogen-bond donors (Lipinski definition) is 1. The number of thioether (sulfide) groups is 1. The lowest BCUT2D eigenvalue weighted by Crippen LogP contribution is -2.13. The monoisotopic (exact) mass is 297 g/mol. The molecule has 1 aromatic heterocycles. The summed E-state index contributed by atoms with van der Waals surface area (Å²) in [6.07, 6.45) is 3.79. The van der Waals surface area contributed by atoms with E-state index in [0.29, 0.717) is 24.2 Å². The first-order chi connectivity index (χ1) is 9.69. The van der Waals surface area contributed by atoms with E-state index in [1.165, 1.54) is 31.0 Å². The van der Waals surface area contributed by atoms with Gasteiger partial charge in [0.05, 0.1) is 12.4 Å². The highest BCUT2D eigenvalue weighted by molar-refractivity contribution is 7.99. The molecule has 7 heteroatoms. The fourth-order valence-corrected chi connectivity index (χ4v) is 3.85. The van der Waals surface area contributed by atoms with Gasteiger partial charge in [-0.1, -0.05) is 11.8 Å². The number of hydrogen-bond acceptors (Lipinski definition) is 5. The molecule has 2 aliphatic carbocycles. The Morgan fingerprint density at radius 1 is 1.40 bits per heavy atom. The Morgan fingerprint density at radius 2 is 2.15 bits per heavy atom. The molecule has 0 radical (unpaired) electrons. The summed E-state index contributed by atoms with van der Waals surface area (Å²) in [7, 11) is 1.67. The van der Waals surface area contributed by atoms with Gasteiger partial charge in [0.15, 0.2) is 5.16 Å². The van der Waals surface area contributed by atoms with Crippen LogP contribution in [0.25, 0.3) is 0 Å². The topological polar surface area (TPSA) is 77.2 Å². The van der Waals surface area contributed by atoms with Gasteiger partial charge in [0, 0.05) is 19.6 Å². The average molecular weight is 297 g/mol. The highest BCUT2D eigenvalue weighted by atomic mass is 32.2. The van der Waals surface area contributed by atoms with Crippen LogP contribution < -0.4 is 0 Å². The van der Waals surface area contributed by atoms with Crippen molar-refractivity contribution >= 4 is 17.7 Å². The Hall–Kier alpha value is -1.08. The average Bonchev–Trinajstić information content (AvgIpc) is 2.87. The molecule has 20 heavy (non-hydrogen) atoms. The molecule has 0 spiro atoms. The van der Waals surface area contributed by atoms with Crippen molar-refractivity contribution in [1.29, 1.82) is 0 Å². The maximum absolute atomic E-state index is 10.7. The van der Waals surface area contributed by atoms with Gasteiger partial charge < -0.3 is 14.4 Å². The molecular formula is C13H19N3O3S. The van der Waals surface area contributed by atoms with Crippen LogP contribution in [0.3, 0.4) is 0 Å². The summed E-state index contributed by atoms with van der Waals surface area (Å²) in [6.45, 7) is 1.28. The maximum atomic E-state index is 10.7. The smallest absolute Gasteiger partial charge is 0.313 e. The van der Waals surface area contributed by atoms with Crippen molar-refractivity contribution < 1.29 is 14.6 Å². The van der Waals surface area contributed by atoms with E-state index in [2.05, 4.69) is 10.2 Å². The number of fused-ring (bicyclic) bond motifs is 1. The first-order valence-corrected chi connectivity index (χ1v) is 7.94. The van der Waals surface area contributed by atoms with Crippen LogP contribution >= 0.6 is 11.8 Å². The molecule has 110 valence electrons. The summed E-state index contributed by atoms with van der Waals surface area (Å²) < 4.78 is 7.19. The van der Waals surface area contributed by atoms with Crippen LogP contribution in [-0.4, -0.2) is 45.3 Å². The predicted octanol–water partition coefficient (Wildman–Crippen LogP) is 1.61. The molecule has 2 unspecified atom stereocenters. The minimum atomic E-state index is -0.833. The third kappa shape index (κ3) is 2.83. The molecule has 1 N–H and O–H groups in total. The van der Waals surface area contributed by atoms with Gasteiger partial charge in [0.2, 0.25) is 0 Å². The van der Waals surface area contributed by atoms with Crippen molar-refractivity contribution in [3.63, 3.8) is 0 Å². The fourth-order valence-electron chi connectivity index (χ4n) is 3.15. The van der Waals surface area contributed by atoms with E-state index in [4.69, 9.17) is 9.84 Å². The molecule has 1 heterocycles. The standard InChI is InChI=1S/C13H19N3O3S/c1-19-3-2-16-12(10-5-8-4-9(8)6-10)14-15-13(16)20-7-11(17)18/h8-10H,2-7H2,1H3,(H,17,18). The van der Waals surface area contributed by atoms with Gasteiger partial charge in [-0.15, -0.1) is 10.2 Å². The molecule has 0 aromatic carbocycles. The highest BCUT2D eigenvalue weighted by Crippen LogP contribution is 2.57. The molecule has 2 atom stereocenters. The van der Waals surface area contributed by atoms with E-state index in [9.17, 15) is 4.79 Å². The van der Waals surface area contributed by atoms with Crippen LogP contribution in [0.1, 0.15) is 31.0 Å². The van der Waals surface area contributed by atoms with Crippen molar-refractivity contribution in [2.45, 2.75) is 36.9 Å². The van der Waals surface area contributed by atoms with Gasteiger partial charge in [-0.2, -0.15) is 0 Å². The Labute approximate surface area is 121 Å². The second-order valence-corrected chi connectivity index (χ2v) is 6.53. The lowest BCUT2D eigenvalue weighted by Gasteiger charge is -2.14. The number of carbonyl (C=O) groups is 1. The fraction of sp³-hybridized carbons (Fsp3) is 0.769. The molecule has 6 nitrogen and oxygen atoms in total. The zero-order chi connectivity index (χ0) is 14.1. The molecule has 2 saturated carbocycles. The van der Waals surface area contributed by atoms with Crippen molar-refractivity contribution in [3.8, 4) is 0 Å². The van der Waals surface area contributed by atoms with E-state index in [1.54, 1.807) is 7.11 Å². The summed E-state index contributed by atoms with van der Waals surface area (Å²) in [5.74, 6) is 2.47. The molecule has 3 rings (SSSR count). The van der Waals surface area contributed by atoms with E-state index in [0.717, 1.165) is 17.7 Å². The second kappa shape index (κ2) is 5.73. The van der Waals surface area contributed by atoms with E-state index >= 15 is 0 Å². The van der Waals surface area contributed by atoms with Crippen LogP contribution in [-0.2, 0) is 16.1 Å². The number of methoxy groups -OCH3 is 1. The third-order valence-corrected chi connectivity index (χ3v) is 5.15. The van der Waals surface area contributed by atoms with Gasteiger partial charge >= 0.3 is 5.97 Å². The SMILES string of the molecule is COCCn1c(SCC(=O)O)nnc1C1CC2CC2C1. The first-order valence-electron chi connectivity index (χ1n) is 6.95. The third-order valence-electron chi connectivity index (χ3n) is 4.20. The van der Waals surface area contributed by atoms with Crippen LogP contribution in [0, 0.1) is 11.8 Å². The minimum Gasteiger partial charge on any atom is -0.481 e. The highest BCUT2D eigenvalue weighted by Gasteiger charge is 2.47. The Morgan fingerprint density at radius 3 is 2.80 bits per heavy atom. The van der Waals surface area contributed by atoms with Crippen molar-refractivity contribution in [1.82, 2.24) is 14.8 Å². The van der Waals surface area contributed by atoms with Crippen LogP contribution in [0.2, 0.25) is 0 Å². The summed E-state index contributed by atoms with van der Waals surface area (Å²) >= 11 is 1.23. The summed E-state index contributed by atoms with van der Waals surface area (Å²) in [5, 5.41) is 18.0. The maximum Gasteiger partial charge on any atom is 0.313 e. The quantitative estimate of drug-likeness (QED) is 0.771. The number of aromatic nitrogens is 3. The molecule has 0 amide bonds.